The first-order chi connectivity index (χ1) is 13.0. The molecule has 1 aromatic carbocycles. The van der Waals surface area contributed by atoms with Gasteiger partial charge in [-0.05, 0) is 24.1 Å². The third-order valence-corrected chi connectivity index (χ3v) is 4.74. The number of anilines is 2. The number of ether oxygens (including phenoxy) is 2. The van der Waals surface area contributed by atoms with Crippen LogP contribution in [0.25, 0.3) is 11.0 Å². The van der Waals surface area contributed by atoms with Crippen LogP contribution in [0.5, 0.6) is 11.5 Å². The number of hydrogen-bond donors (Lipinski definition) is 1. The van der Waals surface area contributed by atoms with E-state index in [0.717, 1.165) is 15.8 Å². The number of pyridine rings is 1. The van der Waals surface area contributed by atoms with Crippen molar-refractivity contribution in [1.82, 2.24) is 14.1 Å². The van der Waals surface area contributed by atoms with Crippen molar-refractivity contribution in [3.05, 3.63) is 50.8 Å². The molecule has 27 heavy (non-hydrogen) atoms. The number of nitrogens with one attached hydrogen (secondary N) is 1. The fourth-order valence-corrected chi connectivity index (χ4v) is 3.24. The molecule has 0 saturated heterocycles. The lowest BCUT2D eigenvalue weighted by Gasteiger charge is -2.20. The van der Waals surface area contributed by atoms with E-state index in [1.807, 2.05) is 25.1 Å². The van der Waals surface area contributed by atoms with Gasteiger partial charge in [-0.3, -0.25) is 13.9 Å². The smallest absolute Gasteiger partial charge is 0.332 e. The molecule has 0 radical (unpaired) electrons. The first-order valence-electron chi connectivity index (χ1n) is 8.75. The van der Waals surface area contributed by atoms with E-state index >= 15 is 0 Å². The van der Waals surface area contributed by atoms with Crippen LogP contribution in [0.1, 0.15) is 12.5 Å². The van der Waals surface area contributed by atoms with Gasteiger partial charge in [0.2, 0.25) is 0 Å². The third kappa shape index (κ3) is 2.73. The molecule has 3 heterocycles. The Morgan fingerprint density at radius 2 is 1.85 bits per heavy atom. The lowest BCUT2D eigenvalue weighted by atomic mass is 10.1. The zero-order valence-corrected chi connectivity index (χ0v) is 15.4. The Kier molecular flexibility index (Phi) is 4.10. The van der Waals surface area contributed by atoms with E-state index in [2.05, 4.69) is 10.3 Å². The average molecular weight is 368 g/mol. The Hall–Kier alpha value is -3.29. The lowest BCUT2D eigenvalue weighted by molar-refractivity contribution is 0.171. The van der Waals surface area contributed by atoms with Gasteiger partial charge in [-0.1, -0.05) is 6.92 Å². The largest absolute Gasteiger partial charge is 0.486 e. The van der Waals surface area contributed by atoms with E-state index in [0.29, 0.717) is 47.9 Å². The second-order valence-electron chi connectivity index (χ2n) is 6.40. The summed E-state index contributed by atoms with van der Waals surface area (Å²) in [5.41, 5.74) is 1.85. The minimum absolute atomic E-state index is 0.348. The van der Waals surface area contributed by atoms with Crippen LogP contribution in [-0.4, -0.2) is 27.3 Å². The SMILES string of the molecule is CCc1cnc2c(c1Nc1ccc3c(c1)OCCO3)c(=O)n(C)c(=O)n2C. The molecule has 1 aliphatic rings. The zero-order chi connectivity index (χ0) is 19.1. The van der Waals surface area contributed by atoms with E-state index in [1.54, 1.807) is 13.2 Å². The third-order valence-electron chi connectivity index (χ3n) is 4.74. The highest BCUT2D eigenvalue weighted by Crippen LogP contribution is 2.35. The van der Waals surface area contributed by atoms with Crippen LogP contribution in [-0.2, 0) is 20.5 Å². The van der Waals surface area contributed by atoms with Gasteiger partial charge in [0.05, 0.1) is 5.69 Å². The van der Waals surface area contributed by atoms with Crippen LogP contribution in [0.15, 0.2) is 34.0 Å². The van der Waals surface area contributed by atoms with Gasteiger partial charge in [0.15, 0.2) is 17.1 Å². The minimum atomic E-state index is -0.408. The Balaban J connectivity index is 1.93. The Morgan fingerprint density at radius 1 is 1.11 bits per heavy atom. The van der Waals surface area contributed by atoms with E-state index in [9.17, 15) is 9.59 Å². The van der Waals surface area contributed by atoms with Crippen LogP contribution < -0.4 is 26.0 Å². The average Bonchev–Trinajstić information content (AvgIpc) is 2.70. The Labute approximate surface area is 155 Å². The van der Waals surface area contributed by atoms with Crippen LogP contribution in [0.4, 0.5) is 11.4 Å². The van der Waals surface area contributed by atoms with Crippen molar-refractivity contribution in [1.29, 1.82) is 0 Å². The molecular weight excluding hydrogens is 348 g/mol. The summed E-state index contributed by atoms with van der Waals surface area (Å²) < 4.78 is 13.7. The molecular formula is C19H20N4O4. The highest BCUT2D eigenvalue weighted by Gasteiger charge is 2.18. The van der Waals surface area contributed by atoms with Gasteiger partial charge in [0, 0.05) is 32.0 Å². The van der Waals surface area contributed by atoms with Gasteiger partial charge in [-0.25, -0.2) is 9.78 Å². The van der Waals surface area contributed by atoms with E-state index in [-0.39, 0.29) is 5.56 Å². The molecule has 8 heteroatoms. The summed E-state index contributed by atoms with van der Waals surface area (Å²) in [7, 11) is 3.08. The number of hydrogen-bond acceptors (Lipinski definition) is 6. The molecule has 0 amide bonds. The van der Waals surface area contributed by atoms with Gasteiger partial charge in [0.1, 0.15) is 18.6 Å². The maximum absolute atomic E-state index is 12.8. The molecule has 0 spiro atoms. The van der Waals surface area contributed by atoms with Crippen molar-refractivity contribution in [2.45, 2.75) is 13.3 Å². The first kappa shape index (κ1) is 17.1. The highest BCUT2D eigenvalue weighted by atomic mass is 16.6. The summed E-state index contributed by atoms with van der Waals surface area (Å²) in [6.45, 7) is 3.01. The van der Waals surface area contributed by atoms with Crippen LogP contribution >= 0.6 is 0 Å². The van der Waals surface area contributed by atoms with E-state index in [1.165, 1.54) is 11.6 Å². The van der Waals surface area contributed by atoms with Gasteiger partial charge in [-0.2, -0.15) is 0 Å². The maximum atomic E-state index is 12.8. The topological polar surface area (TPSA) is 87.4 Å². The second-order valence-corrected chi connectivity index (χ2v) is 6.40. The van der Waals surface area contributed by atoms with E-state index in [4.69, 9.17) is 9.47 Å². The number of rotatable bonds is 3. The number of benzene rings is 1. The summed E-state index contributed by atoms with van der Waals surface area (Å²) in [5.74, 6) is 1.35. The van der Waals surface area contributed by atoms with Crippen LogP contribution in [0.3, 0.4) is 0 Å². The van der Waals surface area contributed by atoms with Crippen LogP contribution in [0, 0.1) is 0 Å². The summed E-state index contributed by atoms with van der Waals surface area (Å²) in [4.78, 5) is 29.4. The molecule has 3 aromatic rings. The molecule has 4 rings (SSSR count). The molecule has 0 unspecified atom stereocenters. The number of aryl methyl sites for hydroxylation is 2. The molecule has 1 aliphatic heterocycles. The fraction of sp³-hybridized carbons (Fsp3) is 0.316. The molecule has 0 aliphatic carbocycles. The molecule has 140 valence electrons. The van der Waals surface area contributed by atoms with Crippen molar-refractivity contribution in [2.24, 2.45) is 14.1 Å². The van der Waals surface area contributed by atoms with Crippen molar-refractivity contribution < 1.29 is 9.47 Å². The van der Waals surface area contributed by atoms with Gasteiger partial charge in [0.25, 0.3) is 5.56 Å². The number of nitrogens with zero attached hydrogens (tertiary/aromatic N) is 3. The van der Waals surface area contributed by atoms with Gasteiger partial charge >= 0.3 is 5.69 Å². The standard InChI is InChI=1S/C19H20N4O4/c1-4-11-10-20-17-15(18(24)23(3)19(25)22(17)2)16(11)21-12-5-6-13-14(9-12)27-8-7-26-13/h5-6,9-10H,4,7-8H2,1-3H3,(H,20,21). The summed E-state index contributed by atoms with van der Waals surface area (Å²) in [5, 5.41) is 3.71. The first-order valence-corrected chi connectivity index (χ1v) is 8.75. The Morgan fingerprint density at radius 3 is 2.59 bits per heavy atom. The molecule has 8 nitrogen and oxygen atoms in total. The van der Waals surface area contributed by atoms with Crippen LogP contribution in [0.2, 0.25) is 0 Å². The fourth-order valence-electron chi connectivity index (χ4n) is 3.24. The number of aromatic nitrogens is 3. The maximum Gasteiger partial charge on any atom is 0.332 e. The monoisotopic (exact) mass is 368 g/mol. The molecule has 1 N–H and O–H groups in total. The second kappa shape index (κ2) is 6.46. The van der Waals surface area contributed by atoms with Gasteiger partial charge in [-0.15, -0.1) is 0 Å². The summed E-state index contributed by atoms with van der Waals surface area (Å²) >= 11 is 0. The predicted octanol–water partition coefficient (Wildman–Crippen LogP) is 1.71. The van der Waals surface area contributed by atoms with E-state index < -0.39 is 5.69 Å². The normalized spacial score (nSPS) is 13.0. The molecule has 0 atom stereocenters. The summed E-state index contributed by atoms with van der Waals surface area (Å²) in [6.07, 6.45) is 2.38. The molecule has 2 aromatic heterocycles. The Bertz CT molecular complexity index is 1160. The van der Waals surface area contributed by atoms with Gasteiger partial charge < -0.3 is 14.8 Å². The highest BCUT2D eigenvalue weighted by molar-refractivity contribution is 5.92. The van der Waals surface area contributed by atoms with Crippen molar-refractivity contribution in [2.75, 3.05) is 18.5 Å². The molecule has 0 fully saturated rings. The van der Waals surface area contributed by atoms with Crippen molar-refractivity contribution in [3.8, 4) is 11.5 Å². The lowest BCUT2D eigenvalue weighted by Crippen LogP contribution is -2.37. The summed E-state index contributed by atoms with van der Waals surface area (Å²) in [6, 6.07) is 5.54. The minimum Gasteiger partial charge on any atom is -0.486 e. The number of fused-ring (bicyclic) bond motifs is 2. The predicted molar refractivity (Wildman–Crippen MR) is 102 cm³/mol. The van der Waals surface area contributed by atoms with Crippen molar-refractivity contribution >= 4 is 22.4 Å². The van der Waals surface area contributed by atoms with Crippen molar-refractivity contribution in [3.63, 3.8) is 0 Å². The zero-order valence-electron chi connectivity index (χ0n) is 15.4. The molecule has 0 bridgehead atoms. The molecule has 0 saturated carbocycles. The quantitative estimate of drug-likeness (QED) is 0.757.